The summed E-state index contributed by atoms with van der Waals surface area (Å²) in [6.07, 6.45) is 6.85. The van der Waals surface area contributed by atoms with E-state index in [9.17, 15) is 34.8 Å². The standard InChI is InChI=1S/C28H40N2O8/c1-26-9-7-17(29-38-15-23(34)30-11-3-4-20(30)25(35)36)12-16(26)5-6-18-19-8-10-28(37,22(33)14-31)27(19,2)13-21(32)24(18)26/h12,18-21,24,31-32,37H,3-11,13-15H2,1-2H3,(H,35,36)/b29-17+/t18-,19-,20-,21-,24+,26-,27-,28-/m0/s1. The quantitative estimate of drug-likeness (QED) is 0.376. The number of hydrogen-bond donors (Lipinski definition) is 4. The van der Waals surface area contributed by atoms with Gasteiger partial charge in [-0.15, -0.1) is 0 Å². The van der Waals surface area contributed by atoms with Gasteiger partial charge in [-0.05, 0) is 87.0 Å². The number of carboxylic acid groups (broad SMARTS) is 1. The van der Waals surface area contributed by atoms with Gasteiger partial charge in [-0.2, -0.15) is 0 Å². The van der Waals surface area contributed by atoms with Crippen LogP contribution < -0.4 is 0 Å². The van der Waals surface area contributed by atoms with E-state index in [1.165, 1.54) is 10.5 Å². The number of ketones is 1. The van der Waals surface area contributed by atoms with Gasteiger partial charge in [-0.25, -0.2) is 4.79 Å². The third-order valence-electron chi connectivity index (χ3n) is 10.9. The molecule has 38 heavy (non-hydrogen) atoms. The van der Waals surface area contributed by atoms with Crippen LogP contribution in [-0.2, 0) is 19.2 Å². The molecule has 4 aliphatic carbocycles. The molecule has 0 aromatic heterocycles. The molecular formula is C28H40N2O8. The Morgan fingerprint density at radius 2 is 1.92 bits per heavy atom. The summed E-state index contributed by atoms with van der Waals surface area (Å²) in [6, 6.07) is -0.798. The lowest BCUT2D eigenvalue weighted by Crippen LogP contribution is -2.62. The van der Waals surface area contributed by atoms with Crippen molar-refractivity contribution in [1.82, 2.24) is 4.90 Å². The molecular weight excluding hydrogens is 492 g/mol. The lowest BCUT2D eigenvalue weighted by molar-refractivity contribution is -0.181. The van der Waals surface area contributed by atoms with Crippen molar-refractivity contribution >= 4 is 23.4 Å². The van der Waals surface area contributed by atoms with Crippen LogP contribution in [0.3, 0.4) is 0 Å². The van der Waals surface area contributed by atoms with E-state index in [2.05, 4.69) is 12.1 Å². The number of carbonyl (C=O) groups is 3. The number of aliphatic hydroxyl groups excluding tert-OH is 2. The SMILES string of the molecule is C[C@]12CC/C(=N\OCC(=O)N3CCC[C@H]3C(=O)O)C=C1CC[C@@H]1[C@@H]2[C@@H](O)C[C@@]2(C)[C@H]1CC[C@]2(O)C(=O)CO. The number of fused-ring (bicyclic) bond motifs is 5. The number of aliphatic carboxylic acids is 1. The topological polar surface area (TPSA) is 157 Å². The third-order valence-corrected chi connectivity index (χ3v) is 10.9. The summed E-state index contributed by atoms with van der Waals surface area (Å²) < 4.78 is 0. The number of rotatable bonds is 6. The van der Waals surface area contributed by atoms with E-state index in [1.807, 2.05) is 13.0 Å². The van der Waals surface area contributed by atoms with Crippen LogP contribution in [0.5, 0.6) is 0 Å². The van der Waals surface area contributed by atoms with E-state index in [0.29, 0.717) is 45.1 Å². The van der Waals surface area contributed by atoms with Gasteiger partial charge in [-0.1, -0.05) is 24.6 Å². The molecule has 4 N–H and O–H groups in total. The highest BCUT2D eigenvalue weighted by atomic mass is 16.6. The maximum absolute atomic E-state index is 12.6. The number of amides is 1. The normalized spacial score (nSPS) is 43.2. The number of nitrogens with zero attached hydrogens (tertiary/aromatic N) is 2. The van der Waals surface area contributed by atoms with Crippen molar-refractivity contribution in [2.24, 2.45) is 33.7 Å². The van der Waals surface area contributed by atoms with E-state index in [4.69, 9.17) is 4.84 Å². The minimum atomic E-state index is -1.60. The van der Waals surface area contributed by atoms with Crippen molar-refractivity contribution in [2.75, 3.05) is 19.8 Å². The van der Waals surface area contributed by atoms with Crippen molar-refractivity contribution in [1.29, 1.82) is 0 Å². The average Bonchev–Trinajstić information content (AvgIpc) is 3.47. The van der Waals surface area contributed by atoms with Crippen LogP contribution in [0.25, 0.3) is 0 Å². The lowest BCUT2D eigenvalue weighted by atomic mass is 9.45. The molecule has 1 amide bonds. The monoisotopic (exact) mass is 532 g/mol. The van der Waals surface area contributed by atoms with Crippen LogP contribution in [0.1, 0.15) is 71.6 Å². The number of carbonyl (C=O) groups excluding carboxylic acids is 2. The van der Waals surface area contributed by atoms with Crippen molar-refractivity contribution < 1.29 is 39.6 Å². The fourth-order valence-electron chi connectivity index (χ4n) is 8.94. The zero-order valence-corrected chi connectivity index (χ0v) is 22.3. The third kappa shape index (κ3) is 4.02. The van der Waals surface area contributed by atoms with Crippen LogP contribution in [0.15, 0.2) is 16.8 Å². The highest BCUT2D eigenvalue weighted by Crippen LogP contribution is 2.67. The molecule has 0 aromatic carbocycles. The highest BCUT2D eigenvalue weighted by molar-refractivity contribution is 5.96. The number of aliphatic hydroxyl groups is 3. The van der Waals surface area contributed by atoms with Gasteiger partial charge in [0.05, 0.1) is 11.8 Å². The van der Waals surface area contributed by atoms with Crippen LogP contribution in [0.2, 0.25) is 0 Å². The lowest BCUT2D eigenvalue weighted by Gasteiger charge is -2.60. The number of hydrogen-bond acceptors (Lipinski definition) is 8. The fourth-order valence-corrected chi connectivity index (χ4v) is 8.94. The van der Waals surface area contributed by atoms with Crippen molar-refractivity contribution in [2.45, 2.75) is 89.4 Å². The second kappa shape index (κ2) is 9.71. The van der Waals surface area contributed by atoms with E-state index >= 15 is 0 Å². The van der Waals surface area contributed by atoms with Gasteiger partial charge in [-0.3, -0.25) is 9.59 Å². The summed E-state index contributed by atoms with van der Waals surface area (Å²) in [4.78, 5) is 43.1. The van der Waals surface area contributed by atoms with Crippen LogP contribution in [-0.4, -0.2) is 86.2 Å². The zero-order valence-electron chi connectivity index (χ0n) is 22.3. The van der Waals surface area contributed by atoms with Gasteiger partial charge in [0.1, 0.15) is 18.2 Å². The number of oxime groups is 1. The smallest absolute Gasteiger partial charge is 0.326 e. The summed E-state index contributed by atoms with van der Waals surface area (Å²) in [5, 5.41) is 45.9. The highest BCUT2D eigenvalue weighted by Gasteiger charge is 2.68. The predicted molar refractivity (Wildman–Crippen MR) is 136 cm³/mol. The van der Waals surface area contributed by atoms with E-state index in [0.717, 1.165) is 25.0 Å². The Bertz CT molecular complexity index is 1070. The summed E-state index contributed by atoms with van der Waals surface area (Å²) in [6.45, 7) is 3.53. The van der Waals surface area contributed by atoms with Gasteiger partial charge in [0.2, 0.25) is 0 Å². The Labute approximate surface area is 222 Å². The van der Waals surface area contributed by atoms with Crippen LogP contribution >= 0.6 is 0 Å². The number of carboxylic acids is 1. The Balaban J connectivity index is 1.29. The fraction of sp³-hybridized carbons (Fsp3) is 0.786. The summed E-state index contributed by atoms with van der Waals surface area (Å²) in [5.74, 6) is -1.66. The maximum Gasteiger partial charge on any atom is 0.326 e. The maximum atomic E-state index is 12.6. The largest absolute Gasteiger partial charge is 0.480 e. The average molecular weight is 533 g/mol. The molecule has 0 bridgehead atoms. The Morgan fingerprint density at radius 1 is 1.16 bits per heavy atom. The predicted octanol–water partition coefficient (Wildman–Crippen LogP) is 1.66. The molecule has 0 unspecified atom stereocenters. The molecule has 3 saturated carbocycles. The number of Topliss-reactive ketones (excluding diaryl/α,β-unsaturated/α-hetero) is 1. The minimum absolute atomic E-state index is 0.000631. The molecule has 5 aliphatic rings. The minimum Gasteiger partial charge on any atom is -0.480 e. The Hall–Kier alpha value is -2.30. The molecule has 1 heterocycles. The second-order valence-electron chi connectivity index (χ2n) is 12.5. The molecule has 1 aliphatic heterocycles. The van der Waals surface area contributed by atoms with Gasteiger partial charge in [0, 0.05) is 12.0 Å². The van der Waals surface area contributed by atoms with Gasteiger partial charge in [0.25, 0.3) is 5.91 Å². The molecule has 210 valence electrons. The molecule has 10 nitrogen and oxygen atoms in total. The molecule has 10 heteroatoms. The first-order valence-electron chi connectivity index (χ1n) is 13.9. The van der Waals surface area contributed by atoms with Gasteiger partial charge < -0.3 is 30.2 Å². The zero-order chi connectivity index (χ0) is 27.5. The Morgan fingerprint density at radius 3 is 2.63 bits per heavy atom. The number of allylic oxidation sites excluding steroid dienone is 2. The molecule has 0 spiro atoms. The summed E-state index contributed by atoms with van der Waals surface area (Å²) >= 11 is 0. The van der Waals surface area contributed by atoms with Gasteiger partial charge in [0.15, 0.2) is 12.4 Å². The second-order valence-corrected chi connectivity index (χ2v) is 12.5. The summed E-state index contributed by atoms with van der Waals surface area (Å²) in [7, 11) is 0. The van der Waals surface area contributed by atoms with Crippen LogP contribution in [0, 0.1) is 28.6 Å². The molecule has 0 radical (unpaired) electrons. The molecule has 8 atom stereocenters. The summed E-state index contributed by atoms with van der Waals surface area (Å²) in [5.41, 5.74) is -0.673. The van der Waals surface area contributed by atoms with Crippen LogP contribution in [0.4, 0.5) is 0 Å². The van der Waals surface area contributed by atoms with E-state index < -0.39 is 41.5 Å². The van der Waals surface area contributed by atoms with Crippen molar-refractivity contribution in [3.63, 3.8) is 0 Å². The van der Waals surface area contributed by atoms with Crippen molar-refractivity contribution in [3.05, 3.63) is 11.6 Å². The Kier molecular flexibility index (Phi) is 6.97. The molecule has 1 saturated heterocycles. The van der Waals surface area contributed by atoms with E-state index in [1.54, 1.807) is 0 Å². The first-order chi connectivity index (χ1) is 18.0. The number of likely N-dealkylation sites (tertiary alicyclic amines) is 1. The van der Waals surface area contributed by atoms with Gasteiger partial charge >= 0.3 is 5.97 Å². The molecule has 5 rings (SSSR count). The first-order valence-corrected chi connectivity index (χ1v) is 13.9. The molecule has 0 aromatic rings. The van der Waals surface area contributed by atoms with E-state index in [-0.39, 0.29) is 35.7 Å². The van der Waals surface area contributed by atoms with Crippen molar-refractivity contribution in [3.8, 4) is 0 Å². The first kappa shape index (κ1) is 27.3. The molecule has 4 fully saturated rings.